The molecule has 0 atom stereocenters. The van der Waals surface area contributed by atoms with Crippen molar-refractivity contribution < 1.29 is 15.0 Å². The number of nitrogens with zero attached hydrogens (tertiary/aromatic N) is 3. The van der Waals surface area contributed by atoms with Crippen LogP contribution >= 0.6 is 11.3 Å². The van der Waals surface area contributed by atoms with E-state index < -0.39 is 5.91 Å². The van der Waals surface area contributed by atoms with E-state index in [0.717, 1.165) is 0 Å². The average Bonchev–Trinajstić information content (AvgIpc) is 2.88. The lowest BCUT2D eigenvalue weighted by atomic mass is 10.2. The van der Waals surface area contributed by atoms with Crippen LogP contribution in [0.1, 0.15) is 20.8 Å². The third-order valence-corrected chi connectivity index (χ3v) is 4.54. The molecule has 0 fully saturated rings. The minimum absolute atomic E-state index is 0.0618. The van der Waals surface area contributed by atoms with Crippen LogP contribution in [0, 0.1) is 6.92 Å². The number of hydrazone groups is 1. The second-order valence-corrected chi connectivity index (χ2v) is 5.94. The predicted octanol–water partition coefficient (Wildman–Crippen LogP) is 1.76. The highest BCUT2D eigenvalue weighted by molar-refractivity contribution is 7.20. The van der Waals surface area contributed by atoms with Gasteiger partial charge in [-0.1, -0.05) is 0 Å². The Balaban J connectivity index is 1.82. The van der Waals surface area contributed by atoms with Gasteiger partial charge in [-0.3, -0.25) is 4.79 Å². The van der Waals surface area contributed by atoms with Crippen LogP contribution in [0.5, 0.6) is 11.5 Å². The molecule has 0 aliphatic heterocycles. The zero-order valence-electron chi connectivity index (χ0n) is 12.5. The van der Waals surface area contributed by atoms with E-state index in [-0.39, 0.29) is 11.5 Å². The van der Waals surface area contributed by atoms with Crippen LogP contribution in [-0.4, -0.2) is 32.3 Å². The molecule has 1 amide bonds. The van der Waals surface area contributed by atoms with Crippen LogP contribution in [0.4, 0.5) is 5.82 Å². The Morgan fingerprint density at radius 2 is 2.17 bits per heavy atom. The molecule has 2 heterocycles. The number of anilines is 1. The highest BCUT2D eigenvalue weighted by Crippen LogP contribution is 2.31. The number of carbonyl (C=O) groups is 1. The van der Waals surface area contributed by atoms with E-state index in [1.165, 1.54) is 42.1 Å². The Hall–Kier alpha value is -3.20. The Bertz CT molecular complexity index is 967. The number of benzene rings is 1. The highest BCUT2D eigenvalue weighted by Gasteiger charge is 2.18. The lowest BCUT2D eigenvalue weighted by Crippen LogP contribution is -2.17. The van der Waals surface area contributed by atoms with Crippen molar-refractivity contribution in [3.05, 3.63) is 40.5 Å². The third-order valence-electron chi connectivity index (χ3n) is 3.35. The van der Waals surface area contributed by atoms with Gasteiger partial charge >= 0.3 is 0 Å². The number of nitrogens with two attached hydrogens (primary N) is 1. The van der Waals surface area contributed by atoms with Crippen LogP contribution in [0.2, 0.25) is 0 Å². The topological polar surface area (TPSA) is 134 Å². The monoisotopic (exact) mass is 343 g/mol. The summed E-state index contributed by atoms with van der Waals surface area (Å²) in [6, 6.07) is 4.06. The quantitative estimate of drug-likeness (QED) is 0.423. The minimum atomic E-state index is -0.413. The molecule has 0 aliphatic rings. The molecule has 0 unspecified atom stereocenters. The molecular formula is C15H13N5O3S. The molecule has 24 heavy (non-hydrogen) atoms. The van der Waals surface area contributed by atoms with E-state index in [1.807, 2.05) is 0 Å². The number of hydrogen-bond acceptors (Lipinski definition) is 8. The number of phenols is 2. The molecule has 0 radical (unpaired) electrons. The lowest BCUT2D eigenvalue weighted by Gasteiger charge is -2.00. The maximum Gasteiger partial charge on any atom is 0.281 e. The summed E-state index contributed by atoms with van der Waals surface area (Å²) in [5.74, 6) is -0.294. The summed E-state index contributed by atoms with van der Waals surface area (Å²) in [5.41, 5.74) is 9.26. The second-order valence-electron chi connectivity index (χ2n) is 4.94. The first-order valence-corrected chi connectivity index (χ1v) is 7.64. The second kappa shape index (κ2) is 6.13. The summed E-state index contributed by atoms with van der Waals surface area (Å²) in [5, 5.41) is 23.4. The minimum Gasteiger partial charge on any atom is -0.508 e. The van der Waals surface area contributed by atoms with Crippen molar-refractivity contribution in [2.24, 2.45) is 5.10 Å². The van der Waals surface area contributed by atoms with E-state index in [4.69, 9.17) is 5.73 Å². The zero-order chi connectivity index (χ0) is 17.3. The number of amides is 1. The number of carbonyl (C=O) groups excluding carboxylic acids is 1. The van der Waals surface area contributed by atoms with E-state index in [9.17, 15) is 15.0 Å². The zero-order valence-corrected chi connectivity index (χ0v) is 13.3. The summed E-state index contributed by atoms with van der Waals surface area (Å²) in [6.07, 6.45) is 2.63. The van der Waals surface area contributed by atoms with Crippen molar-refractivity contribution in [1.29, 1.82) is 0 Å². The number of nitrogens with one attached hydrogen (secondary N) is 1. The average molecular weight is 343 g/mol. The maximum absolute atomic E-state index is 12.3. The molecule has 5 N–H and O–H groups in total. The number of aromatic nitrogens is 2. The van der Waals surface area contributed by atoms with Gasteiger partial charge in [0.25, 0.3) is 5.91 Å². The number of aryl methyl sites for hydroxylation is 1. The molecule has 3 aromatic rings. The van der Waals surface area contributed by atoms with E-state index in [0.29, 0.717) is 32.0 Å². The van der Waals surface area contributed by atoms with Gasteiger partial charge < -0.3 is 15.9 Å². The summed E-state index contributed by atoms with van der Waals surface area (Å²) in [6.45, 7) is 1.77. The number of fused-ring (bicyclic) bond motifs is 1. The molecule has 122 valence electrons. The number of nitrogen functional groups attached to an aromatic ring is 1. The molecule has 3 rings (SSSR count). The van der Waals surface area contributed by atoms with Crippen molar-refractivity contribution in [2.75, 3.05) is 5.73 Å². The largest absolute Gasteiger partial charge is 0.508 e. The lowest BCUT2D eigenvalue weighted by molar-refractivity contribution is 0.0958. The number of aromatic hydroxyl groups is 2. The summed E-state index contributed by atoms with van der Waals surface area (Å²) < 4.78 is 0. The number of phenolic OH excluding ortho intramolecular Hbond substituents is 2. The van der Waals surface area contributed by atoms with Crippen molar-refractivity contribution in [1.82, 2.24) is 15.4 Å². The maximum atomic E-state index is 12.3. The van der Waals surface area contributed by atoms with E-state index in [2.05, 4.69) is 20.5 Å². The van der Waals surface area contributed by atoms with Gasteiger partial charge in [0.2, 0.25) is 0 Å². The molecule has 0 spiro atoms. The van der Waals surface area contributed by atoms with Gasteiger partial charge in [-0.2, -0.15) is 5.10 Å². The van der Waals surface area contributed by atoms with Crippen molar-refractivity contribution in [2.45, 2.75) is 6.92 Å². The fourth-order valence-electron chi connectivity index (χ4n) is 2.17. The van der Waals surface area contributed by atoms with Gasteiger partial charge in [0.05, 0.1) is 16.5 Å². The molecule has 0 bridgehead atoms. The standard InChI is InChI=1S/C15H13N5O3S/c1-7-11-13(16)17-6-18-15(11)24-12(7)14(23)20-19-5-8-2-3-9(21)4-10(8)22/h2-6,21-22H,1H3,(H,20,23)(H2,16,17,18)/b19-5-. The Labute approximate surface area is 140 Å². The molecule has 1 aromatic carbocycles. The van der Waals surface area contributed by atoms with Gasteiger partial charge in [-0.15, -0.1) is 11.3 Å². The smallest absolute Gasteiger partial charge is 0.281 e. The van der Waals surface area contributed by atoms with Crippen molar-refractivity contribution >= 4 is 39.5 Å². The first kappa shape index (κ1) is 15.7. The highest BCUT2D eigenvalue weighted by atomic mass is 32.1. The van der Waals surface area contributed by atoms with Crippen molar-refractivity contribution in [3.8, 4) is 11.5 Å². The Kier molecular flexibility index (Phi) is 4.00. The first-order chi connectivity index (χ1) is 11.5. The Morgan fingerprint density at radius 3 is 2.88 bits per heavy atom. The molecule has 8 nitrogen and oxygen atoms in total. The van der Waals surface area contributed by atoms with Crippen LogP contribution in [0.15, 0.2) is 29.6 Å². The van der Waals surface area contributed by atoms with Crippen molar-refractivity contribution in [3.63, 3.8) is 0 Å². The predicted molar refractivity (Wildman–Crippen MR) is 91.4 cm³/mol. The van der Waals surface area contributed by atoms with Gasteiger partial charge in [0.1, 0.15) is 28.5 Å². The first-order valence-electron chi connectivity index (χ1n) is 6.82. The SMILES string of the molecule is Cc1c(C(=O)N/N=C\c2ccc(O)cc2O)sc2ncnc(N)c12. The number of hydrogen-bond donors (Lipinski definition) is 4. The van der Waals surface area contributed by atoms with Crippen LogP contribution in [0.3, 0.4) is 0 Å². The molecule has 0 saturated heterocycles. The van der Waals surface area contributed by atoms with E-state index >= 15 is 0 Å². The van der Waals surface area contributed by atoms with Gasteiger partial charge in [0, 0.05) is 11.6 Å². The number of thiophene rings is 1. The fraction of sp³-hybridized carbons (Fsp3) is 0.0667. The Morgan fingerprint density at radius 1 is 1.38 bits per heavy atom. The van der Waals surface area contributed by atoms with E-state index in [1.54, 1.807) is 6.92 Å². The summed E-state index contributed by atoms with van der Waals surface area (Å²) in [7, 11) is 0. The summed E-state index contributed by atoms with van der Waals surface area (Å²) in [4.78, 5) is 21.4. The van der Waals surface area contributed by atoms with Crippen LogP contribution in [-0.2, 0) is 0 Å². The van der Waals surface area contributed by atoms with Crippen LogP contribution < -0.4 is 11.2 Å². The fourth-order valence-corrected chi connectivity index (χ4v) is 3.21. The number of rotatable bonds is 3. The molecule has 2 aromatic heterocycles. The molecular weight excluding hydrogens is 330 g/mol. The third kappa shape index (κ3) is 2.84. The van der Waals surface area contributed by atoms with Gasteiger partial charge in [-0.25, -0.2) is 15.4 Å². The van der Waals surface area contributed by atoms with Crippen LogP contribution in [0.25, 0.3) is 10.2 Å². The molecule has 9 heteroatoms. The summed E-state index contributed by atoms with van der Waals surface area (Å²) >= 11 is 1.20. The molecule has 0 aliphatic carbocycles. The molecule has 0 saturated carbocycles. The normalized spacial score (nSPS) is 11.2. The van der Waals surface area contributed by atoms with Gasteiger partial charge in [0.15, 0.2) is 0 Å². The van der Waals surface area contributed by atoms with Gasteiger partial charge in [-0.05, 0) is 24.6 Å².